The van der Waals surface area contributed by atoms with Gasteiger partial charge in [-0.05, 0) is 64.6 Å². The summed E-state index contributed by atoms with van der Waals surface area (Å²) >= 11 is 2.12. The number of phenolic OH excluding ortho intramolecular Hbond substituents is 2. The molecule has 6 heteroatoms. The average Bonchev–Trinajstić information content (AvgIpc) is 2.42. The molecule has 0 atom stereocenters. The quantitative estimate of drug-likeness (QED) is 0.330. The lowest BCUT2D eigenvalue weighted by molar-refractivity contribution is 0.0955. The van der Waals surface area contributed by atoms with Gasteiger partial charge in [0, 0.05) is 9.13 Å². The van der Waals surface area contributed by atoms with Crippen molar-refractivity contribution < 1.29 is 15.0 Å². The molecule has 102 valence electrons. The normalized spacial score (nSPS) is 10.7. The molecule has 0 radical (unpaired) electrons. The Balaban J connectivity index is 2.02. The lowest BCUT2D eigenvalue weighted by Crippen LogP contribution is -2.17. The van der Waals surface area contributed by atoms with Crippen LogP contribution in [0.5, 0.6) is 11.5 Å². The number of carbonyl (C=O) groups is 1. The van der Waals surface area contributed by atoms with Crippen LogP contribution in [0.15, 0.2) is 47.6 Å². The number of benzene rings is 2. The van der Waals surface area contributed by atoms with Gasteiger partial charge in [-0.25, -0.2) is 5.43 Å². The van der Waals surface area contributed by atoms with Crippen molar-refractivity contribution in [1.82, 2.24) is 5.43 Å². The predicted octanol–water partition coefficient (Wildman–Crippen LogP) is 2.47. The van der Waals surface area contributed by atoms with E-state index in [0.29, 0.717) is 11.1 Å². The summed E-state index contributed by atoms with van der Waals surface area (Å²) in [5.41, 5.74) is 3.47. The maximum absolute atomic E-state index is 11.8. The largest absolute Gasteiger partial charge is 0.504 e. The van der Waals surface area contributed by atoms with Gasteiger partial charge in [-0.1, -0.05) is 6.07 Å². The van der Waals surface area contributed by atoms with Crippen LogP contribution in [0, 0.1) is 3.57 Å². The number of carbonyl (C=O) groups excluding carboxylic acids is 1. The third kappa shape index (κ3) is 3.70. The molecule has 2 aromatic rings. The molecule has 2 rings (SSSR count). The highest BCUT2D eigenvalue weighted by Crippen LogP contribution is 2.23. The molecule has 0 aromatic heterocycles. The van der Waals surface area contributed by atoms with E-state index in [2.05, 4.69) is 33.1 Å². The molecular weight excluding hydrogens is 371 g/mol. The summed E-state index contributed by atoms with van der Waals surface area (Å²) in [6.07, 6.45) is 1.38. The van der Waals surface area contributed by atoms with Gasteiger partial charge in [0.25, 0.3) is 5.91 Å². The van der Waals surface area contributed by atoms with Crippen molar-refractivity contribution in [2.75, 3.05) is 0 Å². The minimum absolute atomic E-state index is 0.204. The summed E-state index contributed by atoms with van der Waals surface area (Å²) in [6, 6.07) is 11.4. The topological polar surface area (TPSA) is 81.9 Å². The summed E-state index contributed by atoms with van der Waals surface area (Å²) in [5, 5.41) is 22.3. The zero-order chi connectivity index (χ0) is 14.5. The standard InChI is InChI=1S/C14H11IN2O3/c15-11-3-1-2-10(7-11)14(20)17-16-8-9-4-5-12(18)13(19)6-9/h1-8,18-19H,(H,17,20)/b16-8+. The van der Waals surface area contributed by atoms with E-state index >= 15 is 0 Å². The number of nitrogens with zero attached hydrogens (tertiary/aromatic N) is 1. The zero-order valence-electron chi connectivity index (χ0n) is 10.2. The highest BCUT2D eigenvalue weighted by Gasteiger charge is 2.04. The molecule has 0 aliphatic rings. The Labute approximate surface area is 129 Å². The molecule has 0 saturated heterocycles. The van der Waals surface area contributed by atoms with Crippen LogP contribution in [0.25, 0.3) is 0 Å². The highest BCUT2D eigenvalue weighted by molar-refractivity contribution is 14.1. The van der Waals surface area contributed by atoms with Crippen molar-refractivity contribution in [2.24, 2.45) is 5.10 Å². The van der Waals surface area contributed by atoms with Crippen LogP contribution in [0.3, 0.4) is 0 Å². The third-order valence-corrected chi connectivity index (χ3v) is 3.14. The zero-order valence-corrected chi connectivity index (χ0v) is 12.4. The summed E-state index contributed by atoms with van der Waals surface area (Å²) in [7, 11) is 0. The lowest BCUT2D eigenvalue weighted by Gasteiger charge is -2.01. The number of nitrogens with one attached hydrogen (secondary N) is 1. The third-order valence-electron chi connectivity index (χ3n) is 2.47. The summed E-state index contributed by atoms with van der Waals surface area (Å²) in [6.45, 7) is 0. The number of amides is 1. The van der Waals surface area contributed by atoms with Crippen molar-refractivity contribution in [1.29, 1.82) is 0 Å². The van der Waals surface area contributed by atoms with Gasteiger partial charge in [0.05, 0.1) is 6.21 Å². The van der Waals surface area contributed by atoms with E-state index in [-0.39, 0.29) is 17.4 Å². The molecule has 0 spiro atoms. The number of hydrogen-bond donors (Lipinski definition) is 3. The van der Waals surface area contributed by atoms with Gasteiger partial charge in [-0.15, -0.1) is 0 Å². The maximum atomic E-state index is 11.8. The number of aromatic hydroxyl groups is 2. The van der Waals surface area contributed by atoms with Gasteiger partial charge in [-0.2, -0.15) is 5.10 Å². The van der Waals surface area contributed by atoms with Crippen LogP contribution in [-0.2, 0) is 0 Å². The second kappa shape index (κ2) is 6.38. The second-order valence-corrected chi connectivity index (χ2v) is 5.20. The first-order valence-electron chi connectivity index (χ1n) is 5.67. The minimum Gasteiger partial charge on any atom is -0.504 e. The van der Waals surface area contributed by atoms with Crippen LogP contribution < -0.4 is 5.43 Å². The fraction of sp³-hybridized carbons (Fsp3) is 0. The first kappa shape index (κ1) is 14.3. The molecule has 5 nitrogen and oxygen atoms in total. The molecule has 2 aromatic carbocycles. The number of phenols is 2. The van der Waals surface area contributed by atoms with Gasteiger partial charge >= 0.3 is 0 Å². The first-order chi connectivity index (χ1) is 9.56. The number of hydrazone groups is 1. The SMILES string of the molecule is O=C(N/N=C/c1ccc(O)c(O)c1)c1cccc(I)c1. The summed E-state index contributed by atoms with van der Waals surface area (Å²) < 4.78 is 0.961. The second-order valence-electron chi connectivity index (χ2n) is 3.96. The molecule has 0 unspecified atom stereocenters. The van der Waals surface area contributed by atoms with E-state index in [1.807, 2.05) is 6.07 Å². The van der Waals surface area contributed by atoms with Crippen LogP contribution >= 0.6 is 22.6 Å². The van der Waals surface area contributed by atoms with Gasteiger partial charge in [0.15, 0.2) is 11.5 Å². The van der Waals surface area contributed by atoms with Gasteiger partial charge in [0.2, 0.25) is 0 Å². The van der Waals surface area contributed by atoms with Crippen molar-refractivity contribution in [2.45, 2.75) is 0 Å². The van der Waals surface area contributed by atoms with E-state index in [1.54, 1.807) is 24.3 Å². The van der Waals surface area contributed by atoms with Crippen molar-refractivity contribution in [3.05, 3.63) is 57.2 Å². The number of hydrogen-bond acceptors (Lipinski definition) is 4. The molecule has 0 fully saturated rings. The number of halogens is 1. The average molecular weight is 382 g/mol. The van der Waals surface area contributed by atoms with E-state index in [1.165, 1.54) is 18.3 Å². The van der Waals surface area contributed by atoms with Crippen LogP contribution in [0.4, 0.5) is 0 Å². The Hall–Kier alpha value is -2.09. The van der Waals surface area contributed by atoms with E-state index in [9.17, 15) is 9.90 Å². The molecule has 0 aliphatic carbocycles. The molecule has 0 aliphatic heterocycles. The molecule has 0 saturated carbocycles. The Kier molecular flexibility index (Phi) is 4.57. The van der Waals surface area contributed by atoms with Crippen LogP contribution in [-0.4, -0.2) is 22.3 Å². The minimum atomic E-state index is -0.317. The molecule has 1 amide bonds. The van der Waals surface area contributed by atoms with E-state index < -0.39 is 0 Å². The Bertz CT molecular complexity index is 671. The van der Waals surface area contributed by atoms with Crippen molar-refractivity contribution in [3.8, 4) is 11.5 Å². The van der Waals surface area contributed by atoms with E-state index in [4.69, 9.17) is 5.11 Å². The summed E-state index contributed by atoms with van der Waals surface area (Å²) in [5.74, 6) is -0.759. The first-order valence-corrected chi connectivity index (χ1v) is 6.75. The smallest absolute Gasteiger partial charge is 0.271 e. The van der Waals surface area contributed by atoms with Crippen LogP contribution in [0.2, 0.25) is 0 Å². The highest BCUT2D eigenvalue weighted by atomic mass is 127. The predicted molar refractivity (Wildman–Crippen MR) is 84.0 cm³/mol. The van der Waals surface area contributed by atoms with Crippen LogP contribution in [0.1, 0.15) is 15.9 Å². The summed E-state index contributed by atoms with van der Waals surface area (Å²) in [4.78, 5) is 11.8. The monoisotopic (exact) mass is 382 g/mol. The fourth-order valence-corrected chi connectivity index (χ4v) is 2.02. The molecule has 0 bridgehead atoms. The van der Waals surface area contributed by atoms with Gasteiger partial charge < -0.3 is 10.2 Å². The molecule has 0 heterocycles. The number of rotatable bonds is 3. The van der Waals surface area contributed by atoms with Crippen molar-refractivity contribution >= 4 is 34.7 Å². The maximum Gasteiger partial charge on any atom is 0.271 e. The van der Waals surface area contributed by atoms with Gasteiger partial charge in [0.1, 0.15) is 0 Å². The molecule has 20 heavy (non-hydrogen) atoms. The fourth-order valence-electron chi connectivity index (χ4n) is 1.48. The Morgan fingerprint density at radius 2 is 1.95 bits per heavy atom. The molecule has 3 N–H and O–H groups in total. The Morgan fingerprint density at radius 3 is 2.65 bits per heavy atom. The molecular formula is C14H11IN2O3. The van der Waals surface area contributed by atoms with Crippen molar-refractivity contribution in [3.63, 3.8) is 0 Å². The van der Waals surface area contributed by atoms with Gasteiger partial charge in [-0.3, -0.25) is 4.79 Å². The Morgan fingerprint density at radius 1 is 1.15 bits per heavy atom. The van der Waals surface area contributed by atoms with E-state index in [0.717, 1.165) is 3.57 Å². The lowest BCUT2D eigenvalue weighted by atomic mass is 10.2.